The Morgan fingerprint density at radius 3 is 2.52 bits per heavy atom. The van der Waals surface area contributed by atoms with Crippen LogP contribution in [0.15, 0.2) is 47.0 Å². The molecule has 2 aromatic carbocycles. The number of carbonyl (C=O) groups is 1. The molecule has 1 amide bonds. The van der Waals surface area contributed by atoms with Crippen LogP contribution in [-0.4, -0.2) is 36.4 Å². The molecule has 0 bridgehead atoms. The summed E-state index contributed by atoms with van der Waals surface area (Å²) in [6.07, 6.45) is -0.665. The number of carbonyl (C=O) groups excluding carboxylic acids is 1. The monoisotopic (exact) mass is 397 g/mol. The van der Waals surface area contributed by atoms with E-state index in [0.717, 1.165) is 5.56 Å². The Bertz CT molecular complexity index is 969. The van der Waals surface area contributed by atoms with Crippen molar-refractivity contribution in [1.29, 1.82) is 0 Å². The summed E-state index contributed by atoms with van der Waals surface area (Å²) in [7, 11) is 3.13. The summed E-state index contributed by atoms with van der Waals surface area (Å²) < 4.78 is 21.4. The molecule has 0 spiro atoms. The number of ether oxygens (including phenoxy) is 3. The molecule has 0 unspecified atom stereocenters. The molecular formula is C21H23N3O5. The number of methoxy groups -OCH3 is 2. The minimum absolute atomic E-state index is 0.0892. The van der Waals surface area contributed by atoms with Gasteiger partial charge >= 0.3 is 0 Å². The third-order valence-electron chi connectivity index (χ3n) is 4.23. The van der Waals surface area contributed by atoms with Crippen molar-refractivity contribution >= 4 is 5.91 Å². The number of aromatic nitrogens is 2. The first kappa shape index (κ1) is 20.2. The van der Waals surface area contributed by atoms with Gasteiger partial charge in [0.1, 0.15) is 17.2 Å². The van der Waals surface area contributed by atoms with Crippen LogP contribution in [0.5, 0.6) is 17.2 Å². The van der Waals surface area contributed by atoms with Gasteiger partial charge in [0.25, 0.3) is 5.91 Å². The number of aryl methyl sites for hydroxylation is 1. The zero-order chi connectivity index (χ0) is 20.8. The third kappa shape index (κ3) is 5.04. The van der Waals surface area contributed by atoms with Gasteiger partial charge < -0.3 is 24.1 Å². The molecule has 3 rings (SSSR count). The Labute approximate surface area is 168 Å². The molecule has 0 saturated heterocycles. The molecule has 1 aromatic heterocycles. The highest BCUT2D eigenvalue weighted by atomic mass is 16.5. The predicted molar refractivity (Wildman–Crippen MR) is 106 cm³/mol. The summed E-state index contributed by atoms with van der Waals surface area (Å²) in [6.45, 7) is 3.75. The van der Waals surface area contributed by atoms with E-state index in [-0.39, 0.29) is 18.3 Å². The first-order valence-corrected chi connectivity index (χ1v) is 9.06. The molecule has 1 N–H and O–H groups in total. The van der Waals surface area contributed by atoms with Gasteiger partial charge in [0.15, 0.2) is 6.10 Å². The Kier molecular flexibility index (Phi) is 6.33. The Hall–Kier alpha value is -3.55. The van der Waals surface area contributed by atoms with Crippen molar-refractivity contribution in [1.82, 2.24) is 15.5 Å². The van der Waals surface area contributed by atoms with Crippen LogP contribution in [0.2, 0.25) is 0 Å². The van der Waals surface area contributed by atoms with Gasteiger partial charge in [0, 0.05) is 6.07 Å². The van der Waals surface area contributed by atoms with Gasteiger partial charge in [0.2, 0.25) is 11.7 Å². The number of amides is 1. The molecule has 3 aromatic rings. The van der Waals surface area contributed by atoms with Gasteiger partial charge in [-0.3, -0.25) is 4.79 Å². The van der Waals surface area contributed by atoms with E-state index in [9.17, 15) is 4.79 Å². The average Bonchev–Trinajstić information content (AvgIpc) is 3.21. The normalized spacial score (nSPS) is 11.6. The third-order valence-corrected chi connectivity index (χ3v) is 4.23. The number of benzene rings is 2. The lowest BCUT2D eigenvalue weighted by Gasteiger charge is -2.14. The molecule has 152 valence electrons. The highest BCUT2D eigenvalue weighted by Crippen LogP contribution is 2.31. The van der Waals surface area contributed by atoms with Crippen molar-refractivity contribution in [2.45, 2.75) is 26.5 Å². The van der Waals surface area contributed by atoms with Crippen LogP contribution in [0.4, 0.5) is 0 Å². The van der Waals surface area contributed by atoms with Gasteiger partial charge in [0.05, 0.1) is 26.3 Å². The van der Waals surface area contributed by atoms with Crippen molar-refractivity contribution in [2.24, 2.45) is 0 Å². The maximum atomic E-state index is 12.3. The standard InChI is InChI=1S/C21H23N3O5/c1-13-5-7-15(8-6-13)28-14(2)21(25)22-12-19-23-20(24-29-19)17-10-9-16(26-3)11-18(17)27-4/h5-11,14H,12H2,1-4H3,(H,22,25)/t14-/m1/s1. The Morgan fingerprint density at radius 1 is 1.10 bits per heavy atom. The molecule has 1 heterocycles. The van der Waals surface area contributed by atoms with Crippen molar-refractivity contribution in [2.75, 3.05) is 14.2 Å². The fraction of sp³-hybridized carbons (Fsp3) is 0.286. The molecule has 8 nitrogen and oxygen atoms in total. The van der Waals surface area contributed by atoms with E-state index in [0.29, 0.717) is 28.6 Å². The number of nitrogens with zero attached hydrogens (tertiary/aromatic N) is 2. The number of rotatable bonds is 8. The second-order valence-electron chi connectivity index (χ2n) is 6.37. The Balaban J connectivity index is 1.60. The number of hydrogen-bond donors (Lipinski definition) is 1. The smallest absolute Gasteiger partial charge is 0.261 e. The largest absolute Gasteiger partial charge is 0.497 e. The average molecular weight is 397 g/mol. The maximum Gasteiger partial charge on any atom is 0.261 e. The van der Waals surface area contributed by atoms with Crippen molar-refractivity contribution in [3.8, 4) is 28.6 Å². The molecule has 29 heavy (non-hydrogen) atoms. The highest BCUT2D eigenvalue weighted by molar-refractivity contribution is 5.80. The van der Waals surface area contributed by atoms with Gasteiger partial charge in [-0.25, -0.2) is 0 Å². The van der Waals surface area contributed by atoms with Crippen LogP contribution in [0.3, 0.4) is 0 Å². The molecule has 0 aliphatic carbocycles. The summed E-state index contributed by atoms with van der Waals surface area (Å²) in [4.78, 5) is 16.6. The predicted octanol–water partition coefficient (Wildman–Crippen LogP) is 3.15. The minimum atomic E-state index is -0.665. The van der Waals surface area contributed by atoms with Crippen LogP contribution in [0.25, 0.3) is 11.4 Å². The number of nitrogens with one attached hydrogen (secondary N) is 1. The molecule has 0 fully saturated rings. The molecule has 0 radical (unpaired) electrons. The van der Waals surface area contributed by atoms with Crippen molar-refractivity contribution < 1.29 is 23.5 Å². The quantitative estimate of drug-likeness (QED) is 0.624. The molecular weight excluding hydrogens is 374 g/mol. The van der Waals surface area contributed by atoms with Crippen molar-refractivity contribution in [3.63, 3.8) is 0 Å². The zero-order valence-corrected chi connectivity index (χ0v) is 16.8. The fourth-order valence-corrected chi connectivity index (χ4v) is 2.60. The number of hydrogen-bond acceptors (Lipinski definition) is 7. The van der Waals surface area contributed by atoms with E-state index < -0.39 is 6.10 Å². The highest BCUT2D eigenvalue weighted by Gasteiger charge is 2.18. The van der Waals surface area contributed by atoms with Crippen LogP contribution in [-0.2, 0) is 11.3 Å². The lowest BCUT2D eigenvalue weighted by atomic mass is 10.2. The van der Waals surface area contributed by atoms with Crippen LogP contribution in [0.1, 0.15) is 18.4 Å². The van der Waals surface area contributed by atoms with Crippen molar-refractivity contribution in [3.05, 3.63) is 53.9 Å². The van der Waals surface area contributed by atoms with Gasteiger partial charge in [-0.2, -0.15) is 4.98 Å². The van der Waals surface area contributed by atoms with E-state index in [4.69, 9.17) is 18.7 Å². The Morgan fingerprint density at radius 2 is 1.83 bits per heavy atom. The van der Waals surface area contributed by atoms with E-state index >= 15 is 0 Å². The fourth-order valence-electron chi connectivity index (χ4n) is 2.60. The summed E-state index contributed by atoms with van der Waals surface area (Å²) in [6, 6.07) is 12.8. The molecule has 1 atom stereocenters. The second kappa shape index (κ2) is 9.09. The van der Waals surface area contributed by atoms with Crippen LogP contribution in [0, 0.1) is 6.92 Å². The van der Waals surface area contributed by atoms with E-state index in [1.165, 1.54) is 0 Å². The summed E-state index contributed by atoms with van der Waals surface area (Å²) in [5.74, 6) is 2.19. The molecule has 0 aliphatic rings. The molecule has 8 heteroatoms. The summed E-state index contributed by atoms with van der Waals surface area (Å²) in [5.41, 5.74) is 1.78. The second-order valence-corrected chi connectivity index (χ2v) is 6.37. The van der Waals surface area contributed by atoms with Gasteiger partial charge in [-0.15, -0.1) is 0 Å². The first-order valence-electron chi connectivity index (χ1n) is 9.06. The molecule has 0 saturated carbocycles. The summed E-state index contributed by atoms with van der Waals surface area (Å²) in [5, 5.41) is 6.69. The van der Waals surface area contributed by atoms with E-state index in [1.54, 1.807) is 39.3 Å². The van der Waals surface area contributed by atoms with E-state index in [1.807, 2.05) is 31.2 Å². The van der Waals surface area contributed by atoms with Crippen LogP contribution < -0.4 is 19.5 Å². The maximum absolute atomic E-state index is 12.3. The topological polar surface area (TPSA) is 95.7 Å². The lowest BCUT2D eigenvalue weighted by Crippen LogP contribution is -2.35. The van der Waals surface area contributed by atoms with Gasteiger partial charge in [-0.1, -0.05) is 22.9 Å². The van der Waals surface area contributed by atoms with Gasteiger partial charge in [-0.05, 0) is 38.1 Å². The SMILES string of the molecule is COc1ccc(-c2noc(CNC(=O)[C@@H](C)Oc3ccc(C)cc3)n2)c(OC)c1. The first-order chi connectivity index (χ1) is 14.0. The minimum Gasteiger partial charge on any atom is -0.497 e. The van der Waals surface area contributed by atoms with Crippen LogP contribution >= 0.6 is 0 Å². The lowest BCUT2D eigenvalue weighted by molar-refractivity contribution is -0.127. The zero-order valence-electron chi connectivity index (χ0n) is 16.8. The van der Waals surface area contributed by atoms with E-state index in [2.05, 4.69) is 15.5 Å². The summed E-state index contributed by atoms with van der Waals surface area (Å²) >= 11 is 0. The molecule has 0 aliphatic heterocycles.